The molecule has 0 aliphatic carbocycles. The molecule has 28 heavy (non-hydrogen) atoms. The first-order chi connectivity index (χ1) is 13.5. The van der Waals surface area contributed by atoms with E-state index in [1.165, 1.54) is 23.3 Å². The zero-order chi connectivity index (χ0) is 20.1. The van der Waals surface area contributed by atoms with E-state index in [0.29, 0.717) is 27.7 Å². The van der Waals surface area contributed by atoms with E-state index in [0.717, 1.165) is 15.9 Å². The summed E-state index contributed by atoms with van der Waals surface area (Å²) in [6.07, 6.45) is 2.12. The molecule has 2 N–H and O–H groups in total. The number of methoxy groups -OCH3 is 1. The van der Waals surface area contributed by atoms with Crippen molar-refractivity contribution in [3.63, 3.8) is 0 Å². The molecule has 142 valence electrons. The lowest BCUT2D eigenvalue weighted by Crippen LogP contribution is -2.32. The van der Waals surface area contributed by atoms with Gasteiger partial charge in [0.2, 0.25) is 5.96 Å². The summed E-state index contributed by atoms with van der Waals surface area (Å²) in [5.41, 5.74) is 2.78. The van der Waals surface area contributed by atoms with Crippen LogP contribution in [0.25, 0.3) is 10.2 Å². The third-order valence-electron chi connectivity index (χ3n) is 3.89. The number of benzene rings is 2. The molecule has 0 saturated carbocycles. The fourth-order valence-corrected chi connectivity index (χ4v) is 3.64. The van der Waals surface area contributed by atoms with Gasteiger partial charge in [-0.25, -0.2) is 14.7 Å². The Morgan fingerprint density at radius 2 is 2.11 bits per heavy atom. The van der Waals surface area contributed by atoms with Gasteiger partial charge in [-0.1, -0.05) is 0 Å². The predicted octanol–water partition coefficient (Wildman–Crippen LogP) is 4.65. The highest BCUT2D eigenvalue weighted by molar-refractivity contribution is 7.73. The number of H-pyrrole nitrogens is 1. The number of rotatable bonds is 4. The van der Waals surface area contributed by atoms with Crippen molar-refractivity contribution in [2.75, 3.05) is 19.0 Å². The zero-order valence-corrected chi connectivity index (χ0v) is 16.9. The van der Waals surface area contributed by atoms with Crippen LogP contribution < -0.4 is 5.32 Å². The Morgan fingerprint density at radius 1 is 1.36 bits per heavy atom. The predicted molar refractivity (Wildman–Crippen MR) is 114 cm³/mol. The first-order valence-electron chi connectivity index (χ1n) is 8.38. The second kappa shape index (κ2) is 8.65. The topological polar surface area (TPSA) is 93.5 Å². The summed E-state index contributed by atoms with van der Waals surface area (Å²) in [7, 11) is 1.33. The lowest BCUT2D eigenvalue weighted by Gasteiger charge is -2.17. The van der Waals surface area contributed by atoms with Crippen LogP contribution in [-0.4, -0.2) is 35.5 Å². The molecule has 0 bridgehead atoms. The lowest BCUT2D eigenvalue weighted by atomic mass is 10.2. The van der Waals surface area contributed by atoms with Crippen LogP contribution in [0, 0.1) is 15.4 Å². The van der Waals surface area contributed by atoms with Gasteiger partial charge in [-0.3, -0.25) is 0 Å². The average molecular weight is 412 g/mol. The Morgan fingerprint density at radius 3 is 2.75 bits per heavy atom. The third-order valence-corrected chi connectivity index (χ3v) is 5.09. The molecular formula is C19H17N5O2S2. The number of guanidine groups is 1. The SMILES string of the molecule is CCN(C#N)C(=Nc1ccc(C(=O)OC)cc1)Nc1ccc2[nH]c(=S)sc2c1. The smallest absolute Gasteiger partial charge is 0.337 e. The van der Waals surface area contributed by atoms with Gasteiger partial charge < -0.3 is 15.0 Å². The number of aromatic amines is 1. The maximum Gasteiger partial charge on any atom is 0.337 e. The van der Waals surface area contributed by atoms with Gasteiger partial charge in [0, 0.05) is 12.2 Å². The molecule has 0 fully saturated rings. The summed E-state index contributed by atoms with van der Waals surface area (Å²) in [6.45, 7) is 2.32. The van der Waals surface area contributed by atoms with E-state index in [1.54, 1.807) is 24.3 Å². The number of esters is 1. The van der Waals surface area contributed by atoms with E-state index in [1.807, 2.05) is 25.1 Å². The first-order valence-corrected chi connectivity index (χ1v) is 9.60. The molecule has 9 heteroatoms. The number of hydrogen-bond donors (Lipinski definition) is 2. The Bertz CT molecular complexity index is 1130. The summed E-state index contributed by atoms with van der Waals surface area (Å²) >= 11 is 6.66. The second-order valence-electron chi connectivity index (χ2n) is 5.67. The van der Waals surface area contributed by atoms with Crippen molar-refractivity contribution >= 4 is 57.1 Å². The van der Waals surface area contributed by atoms with Crippen molar-refractivity contribution < 1.29 is 9.53 Å². The van der Waals surface area contributed by atoms with Crippen LogP contribution in [0.2, 0.25) is 0 Å². The van der Waals surface area contributed by atoms with Gasteiger partial charge in [-0.15, -0.1) is 11.3 Å². The number of carbonyl (C=O) groups excluding carboxylic acids is 1. The summed E-state index contributed by atoms with van der Waals surface area (Å²) in [5.74, 6) is -0.0300. The minimum atomic E-state index is -0.414. The summed E-state index contributed by atoms with van der Waals surface area (Å²) in [5, 5.41) is 12.7. The Balaban J connectivity index is 1.93. The number of nitriles is 1. The lowest BCUT2D eigenvalue weighted by molar-refractivity contribution is 0.0601. The van der Waals surface area contributed by atoms with Gasteiger partial charge >= 0.3 is 5.97 Å². The molecule has 0 unspecified atom stereocenters. The Labute approximate surface area is 170 Å². The molecule has 3 aromatic rings. The van der Waals surface area contributed by atoms with Crippen molar-refractivity contribution in [2.45, 2.75) is 6.92 Å². The maximum absolute atomic E-state index is 11.6. The van der Waals surface area contributed by atoms with Gasteiger partial charge in [0.15, 0.2) is 10.1 Å². The van der Waals surface area contributed by atoms with E-state index in [9.17, 15) is 10.1 Å². The molecule has 0 amide bonds. The second-order valence-corrected chi connectivity index (χ2v) is 7.39. The van der Waals surface area contributed by atoms with Crippen molar-refractivity contribution in [1.82, 2.24) is 9.88 Å². The van der Waals surface area contributed by atoms with Crippen LogP contribution in [0.3, 0.4) is 0 Å². The highest BCUT2D eigenvalue weighted by atomic mass is 32.1. The number of carbonyl (C=O) groups is 1. The fraction of sp³-hybridized carbons (Fsp3) is 0.158. The number of aliphatic imine (C=N–C) groups is 1. The third kappa shape index (κ3) is 4.36. The molecular weight excluding hydrogens is 394 g/mol. The number of aromatic nitrogens is 1. The molecule has 0 saturated heterocycles. The quantitative estimate of drug-likeness (QED) is 0.162. The van der Waals surface area contributed by atoms with Crippen molar-refractivity contribution in [3.8, 4) is 6.19 Å². The zero-order valence-electron chi connectivity index (χ0n) is 15.2. The Hall–Kier alpha value is -3.22. The largest absolute Gasteiger partial charge is 0.465 e. The van der Waals surface area contributed by atoms with Gasteiger partial charge in [0.25, 0.3) is 0 Å². The average Bonchev–Trinajstić information content (AvgIpc) is 3.08. The van der Waals surface area contributed by atoms with E-state index in [2.05, 4.69) is 21.5 Å². The van der Waals surface area contributed by atoms with Crippen LogP contribution in [0.1, 0.15) is 17.3 Å². The number of thiazole rings is 1. The minimum Gasteiger partial charge on any atom is -0.465 e. The molecule has 3 rings (SSSR count). The number of anilines is 1. The van der Waals surface area contributed by atoms with Gasteiger partial charge in [0.1, 0.15) is 0 Å². The molecule has 0 atom stereocenters. The van der Waals surface area contributed by atoms with Crippen LogP contribution in [0.4, 0.5) is 11.4 Å². The van der Waals surface area contributed by atoms with Crippen LogP contribution in [0.15, 0.2) is 47.5 Å². The van der Waals surface area contributed by atoms with Crippen molar-refractivity contribution in [3.05, 3.63) is 52.0 Å². The summed E-state index contributed by atoms with van der Waals surface area (Å²) in [4.78, 5) is 20.7. The standard InChI is InChI=1S/C19H17N5O2S2/c1-3-24(11-20)18(21-13-6-4-12(5-7-13)17(25)26-2)22-14-8-9-15-16(10-14)28-19(27)23-15/h4-10H,3H2,1-2H3,(H,21,22)(H,23,27). The highest BCUT2D eigenvalue weighted by Gasteiger charge is 2.11. The fourth-order valence-electron chi connectivity index (χ4n) is 2.49. The van der Waals surface area contributed by atoms with Gasteiger partial charge in [0.05, 0.1) is 28.6 Å². The van der Waals surface area contributed by atoms with Crippen LogP contribution in [0.5, 0.6) is 0 Å². The molecule has 0 aliphatic rings. The first kappa shape index (κ1) is 19.5. The van der Waals surface area contributed by atoms with E-state index >= 15 is 0 Å². The number of ether oxygens (including phenoxy) is 1. The minimum absolute atomic E-state index is 0.384. The number of nitrogens with one attached hydrogen (secondary N) is 2. The molecule has 0 radical (unpaired) electrons. The maximum atomic E-state index is 11.6. The molecule has 0 spiro atoms. The van der Waals surface area contributed by atoms with Crippen LogP contribution >= 0.6 is 23.6 Å². The number of hydrogen-bond acceptors (Lipinski definition) is 6. The molecule has 2 aromatic carbocycles. The molecule has 7 nitrogen and oxygen atoms in total. The van der Waals surface area contributed by atoms with E-state index in [4.69, 9.17) is 17.0 Å². The summed E-state index contributed by atoms with van der Waals surface area (Å²) < 4.78 is 6.42. The van der Waals surface area contributed by atoms with Crippen molar-refractivity contribution in [1.29, 1.82) is 5.26 Å². The molecule has 0 aliphatic heterocycles. The van der Waals surface area contributed by atoms with E-state index < -0.39 is 5.97 Å². The van der Waals surface area contributed by atoms with E-state index in [-0.39, 0.29) is 0 Å². The van der Waals surface area contributed by atoms with Gasteiger partial charge in [-0.2, -0.15) is 5.26 Å². The monoisotopic (exact) mass is 411 g/mol. The summed E-state index contributed by atoms with van der Waals surface area (Å²) in [6, 6.07) is 12.4. The normalized spacial score (nSPS) is 11.1. The highest BCUT2D eigenvalue weighted by Crippen LogP contribution is 2.24. The van der Waals surface area contributed by atoms with Crippen molar-refractivity contribution in [2.24, 2.45) is 4.99 Å². The van der Waals surface area contributed by atoms with Crippen LogP contribution in [-0.2, 0) is 4.74 Å². The Kier molecular flexibility index (Phi) is 6.03. The number of nitrogens with zero attached hydrogens (tertiary/aromatic N) is 3. The van der Waals surface area contributed by atoms with Gasteiger partial charge in [-0.05, 0) is 61.6 Å². The molecule has 1 aromatic heterocycles. The molecule has 1 heterocycles. The number of fused-ring (bicyclic) bond motifs is 1.